The Bertz CT molecular complexity index is 505. The van der Waals surface area contributed by atoms with Gasteiger partial charge in [0.05, 0.1) is 0 Å². The Morgan fingerprint density at radius 1 is 1.36 bits per heavy atom. The van der Waals surface area contributed by atoms with Crippen LogP contribution in [0.3, 0.4) is 0 Å². The molecule has 0 aromatic heterocycles. The molecule has 2 aliphatic rings. The lowest BCUT2D eigenvalue weighted by Crippen LogP contribution is -2.41. The number of piperidine rings is 1. The Kier molecular flexibility index (Phi) is 8.30. The molecule has 0 radical (unpaired) electrons. The minimum atomic E-state index is 0.739. The molecule has 1 atom stereocenters. The van der Waals surface area contributed by atoms with Crippen LogP contribution in [-0.4, -0.2) is 74.1 Å². The minimum absolute atomic E-state index is 0.739. The van der Waals surface area contributed by atoms with E-state index >= 15 is 0 Å². The fourth-order valence-electron chi connectivity index (χ4n) is 3.89. The highest BCUT2D eigenvalue weighted by molar-refractivity contribution is 5.25. The van der Waals surface area contributed by atoms with Crippen molar-refractivity contribution in [2.75, 3.05) is 59.4 Å². The molecular weight excluding hydrogens is 310 g/mol. The maximum atomic E-state index is 8.90. The van der Waals surface area contributed by atoms with Gasteiger partial charge in [-0.15, -0.1) is 0 Å². The van der Waals surface area contributed by atoms with E-state index in [9.17, 15) is 0 Å². The number of hydrogen-bond acceptors (Lipinski definition) is 5. The Morgan fingerprint density at radius 3 is 2.96 bits per heavy atom. The van der Waals surface area contributed by atoms with Gasteiger partial charge in [0.2, 0.25) is 0 Å². The van der Waals surface area contributed by atoms with Crippen LogP contribution in [0.25, 0.3) is 0 Å². The Hall–Kier alpha value is -1.51. The van der Waals surface area contributed by atoms with Crippen LogP contribution in [0.1, 0.15) is 33.1 Å². The second-order valence-electron chi connectivity index (χ2n) is 7.45. The van der Waals surface area contributed by atoms with Crippen LogP contribution in [-0.2, 0) is 0 Å². The summed E-state index contributed by atoms with van der Waals surface area (Å²) in [7, 11) is 1.88. The molecule has 25 heavy (non-hydrogen) atoms. The highest BCUT2D eigenvalue weighted by Gasteiger charge is 2.21. The quantitative estimate of drug-likeness (QED) is 0.566. The van der Waals surface area contributed by atoms with Crippen molar-refractivity contribution in [2.45, 2.75) is 33.1 Å². The van der Waals surface area contributed by atoms with E-state index in [0.717, 1.165) is 51.6 Å². The number of likely N-dealkylation sites (tertiary alicyclic amines) is 1. The number of rotatable bonds is 7. The maximum Gasteiger partial charge on any atom is 0.179 e. The van der Waals surface area contributed by atoms with Crippen LogP contribution in [0.4, 0.5) is 0 Å². The first-order valence-electron chi connectivity index (χ1n) is 9.75. The molecule has 2 heterocycles. The number of nitriles is 1. The number of nitrogens with zero attached hydrogens (tertiary/aromatic N) is 4. The molecule has 1 unspecified atom stereocenters. The second kappa shape index (κ2) is 10.5. The average molecular weight is 346 g/mol. The topological polar surface area (TPSA) is 45.5 Å². The standard InChI is InChI=1S/C20H35N5/c1-4-6-20-18(2)15-22-9-12-25(20)14-13-24-10-5-7-19(16-24)8-11-23(3)17-21/h4,6,19,22H,5,7-16H2,1-3H3/b6-4+. The normalized spacial score (nSPS) is 23.0. The first kappa shape index (κ1) is 19.8. The summed E-state index contributed by atoms with van der Waals surface area (Å²) >= 11 is 0. The highest BCUT2D eigenvalue weighted by atomic mass is 15.2. The van der Waals surface area contributed by atoms with Gasteiger partial charge in [-0.25, -0.2) is 0 Å². The van der Waals surface area contributed by atoms with Crippen molar-refractivity contribution in [3.05, 3.63) is 23.4 Å². The third kappa shape index (κ3) is 6.37. The molecule has 1 N–H and O–H groups in total. The van der Waals surface area contributed by atoms with Crippen molar-refractivity contribution in [2.24, 2.45) is 5.92 Å². The van der Waals surface area contributed by atoms with Crippen molar-refractivity contribution in [1.82, 2.24) is 20.0 Å². The predicted molar refractivity (Wildman–Crippen MR) is 104 cm³/mol. The maximum absolute atomic E-state index is 8.90. The van der Waals surface area contributed by atoms with E-state index in [1.165, 1.54) is 37.2 Å². The van der Waals surface area contributed by atoms with Gasteiger partial charge in [0.15, 0.2) is 6.19 Å². The molecule has 1 fully saturated rings. The molecule has 2 rings (SSSR count). The second-order valence-corrected chi connectivity index (χ2v) is 7.45. The molecule has 0 amide bonds. The van der Waals surface area contributed by atoms with Crippen LogP contribution in [0.15, 0.2) is 23.4 Å². The van der Waals surface area contributed by atoms with E-state index in [4.69, 9.17) is 5.26 Å². The van der Waals surface area contributed by atoms with Crippen LogP contribution in [0.2, 0.25) is 0 Å². The van der Waals surface area contributed by atoms with Gasteiger partial charge in [0.25, 0.3) is 0 Å². The van der Waals surface area contributed by atoms with Crippen LogP contribution in [0, 0.1) is 17.4 Å². The zero-order valence-electron chi connectivity index (χ0n) is 16.3. The van der Waals surface area contributed by atoms with Crippen molar-refractivity contribution in [3.8, 4) is 6.19 Å². The van der Waals surface area contributed by atoms with E-state index in [1.54, 1.807) is 4.90 Å². The predicted octanol–water partition coefficient (Wildman–Crippen LogP) is 2.26. The van der Waals surface area contributed by atoms with E-state index in [1.807, 2.05) is 7.05 Å². The van der Waals surface area contributed by atoms with Gasteiger partial charge in [-0.05, 0) is 57.2 Å². The summed E-state index contributed by atoms with van der Waals surface area (Å²) in [6.45, 7) is 13.0. The number of hydrogen-bond donors (Lipinski definition) is 1. The third-order valence-corrected chi connectivity index (χ3v) is 5.38. The molecule has 5 heteroatoms. The van der Waals surface area contributed by atoms with Crippen LogP contribution < -0.4 is 5.32 Å². The first-order valence-corrected chi connectivity index (χ1v) is 9.75. The lowest BCUT2D eigenvalue weighted by molar-refractivity contribution is 0.150. The molecule has 0 aromatic carbocycles. The summed E-state index contributed by atoms with van der Waals surface area (Å²) in [5, 5.41) is 12.4. The Morgan fingerprint density at radius 2 is 2.20 bits per heavy atom. The monoisotopic (exact) mass is 345 g/mol. The lowest BCUT2D eigenvalue weighted by atomic mass is 9.94. The van der Waals surface area contributed by atoms with E-state index in [0.29, 0.717) is 0 Å². The van der Waals surface area contributed by atoms with Gasteiger partial charge in [-0.3, -0.25) is 0 Å². The smallest absolute Gasteiger partial charge is 0.179 e. The molecule has 0 aromatic rings. The van der Waals surface area contributed by atoms with E-state index in [2.05, 4.69) is 47.3 Å². The fraction of sp³-hybridized carbons (Fsp3) is 0.750. The summed E-state index contributed by atoms with van der Waals surface area (Å²) in [6.07, 6.45) is 10.4. The molecule has 0 saturated carbocycles. The zero-order chi connectivity index (χ0) is 18.1. The van der Waals surface area contributed by atoms with Crippen LogP contribution >= 0.6 is 0 Å². The average Bonchev–Trinajstić information content (AvgIpc) is 2.80. The van der Waals surface area contributed by atoms with Crippen molar-refractivity contribution >= 4 is 0 Å². The first-order chi connectivity index (χ1) is 12.1. The highest BCUT2D eigenvalue weighted by Crippen LogP contribution is 2.20. The molecular formula is C20H35N5. The Balaban J connectivity index is 1.84. The van der Waals surface area contributed by atoms with Crippen molar-refractivity contribution in [1.29, 1.82) is 5.26 Å². The molecule has 0 bridgehead atoms. The van der Waals surface area contributed by atoms with Crippen molar-refractivity contribution in [3.63, 3.8) is 0 Å². The van der Waals surface area contributed by atoms with E-state index in [-0.39, 0.29) is 0 Å². The van der Waals surface area contributed by atoms with Gasteiger partial charge in [-0.2, -0.15) is 5.26 Å². The van der Waals surface area contributed by atoms with Gasteiger partial charge in [0.1, 0.15) is 0 Å². The fourth-order valence-corrected chi connectivity index (χ4v) is 3.89. The van der Waals surface area contributed by atoms with Gasteiger partial charge in [-0.1, -0.05) is 6.08 Å². The summed E-state index contributed by atoms with van der Waals surface area (Å²) in [6, 6.07) is 0. The summed E-state index contributed by atoms with van der Waals surface area (Å²) in [4.78, 5) is 6.92. The van der Waals surface area contributed by atoms with Gasteiger partial charge in [0, 0.05) is 58.6 Å². The number of nitrogens with one attached hydrogen (secondary N) is 1. The molecule has 0 aliphatic carbocycles. The summed E-state index contributed by atoms with van der Waals surface area (Å²) in [5.41, 5.74) is 2.84. The van der Waals surface area contributed by atoms with Gasteiger partial charge < -0.3 is 20.0 Å². The zero-order valence-corrected chi connectivity index (χ0v) is 16.3. The lowest BCUT2D eigenvalue weighted by Gasteiger charge is -2.35. The van der Waals surface area contributed by atoms with Gasteiger partial charge >= 0.3 is 0 Å². The number of allylic oxidation sites excluding steroid dienone is 2. The molecule has 2 aliphatic heterocycles. The van der Waals surface area contributed by atoms with E-state index < -0.39 is 0 Å². The van der Waals surface area contributed by atoms with Crippen molar-refractivity contribution < 1.29 is 0 Å². The summed E-state index contributed by atoms with van der Waals surface area (Å²) in [5.74, 6) is 0.739. The molecule has 140 valence electrons. The minimum Gasteiger partial charge on any atom is -0.369 e. The SMILES string of the molecule is C/C=C/C1=C(C)CNCCN1CCN1CCCC(CCN(C)C#N)C1. The summed E-state index contributed by atoms with van der Waals surface area (Å²) < 4.78 is 0. The molecule has 1 saturated heterocycles. The third-order valence-electron chi connectivity index (χ3n) is 5.38. The van der Waals surface area contributed by atoms with Crippen LogP contribution in [0.5, 0.6) is 0 Å². The largest absolute Gasteiger partial charge is 0.369 e. The molecule has 5 nitrogen and oxygen atoms in total. The Labute approximate surface area is 154 Å². The molecule has 0 spiro atoms.